The third-order valence-corrected chi connectivity index (χ3v) is 5.65. The first-order valence-electron chi connectivity index (χ1n) is 9.68. The van der Waals surface area contributed by atoms with Gasteiger partial charge < -0.3 is 14.7 Å². The number of amides is 1. The van der Waals surface area contributed by atoms with Crippen molar-refractivity contribution >= 4 is 11.6 Å². The molecular weight excluding hydrogens is 343 g/mol. The van der Waals surface area contributed by atoms with E-state index in [1.165, 1.54) is 18.6 Å². The van der Waals surface area contributed by atoms with Crippen LogP contribution < -0.4 is 4.90 Å². The third kappa shape index (κ3) is 4.41. The van der Waals surface area contributed by atoms with E-state index < -0.39 is 0 Å². The number of piperidine rings is 1. The first-order valence-corrected chi connectivity index (χ1v) is 9.68. The number of nitrogens with zero attached hydrogens (tertiary/aromatic N) is 4. The fraction of sp³-hybridized carbons (Fsp3) is 0.524. The van der Waals surface area contributed by atoms with E-state index in [-0.39, 0.29) is 17.3 Å². The smallest absolute Gasteiger partial charge is 0.266 e. The van der Waals surface area contributed by atoms with Gasteiger partial charge in [0.25, 0.3) is 5.91 Å². The Hall–Kier alpha value is -2.55. The number of anilines is 1. The molecule has 144 valence electrons. The van der Waals surface area contributed by atoms with E-state index in [0.29, 0.717) is 38.3 Å². The molecule has 2 saturated heterocycles. The molecule has 2 fully saturated rings. The molecule has 2 aliphatic rings. The number of halogens is 1. The van der Waals surface area contributed by atoms with Crippen LogP contribution in [0.15, 0.2) is 36.0 Å². The van der Waals surface area contributed by atoms with Crippen molar-refractivity contribution in [1.29, 1.82) is 5.26 Å². The van der Waals surface area contributed by atoms with Gasteiger partial charge in [-0.15, -0.1) is 0 Å². The summed E-state index contributed by atoms with van der Waals surface area (Å²) < 4.78 is 13.1. The van der Waals surface area contributed by atoms with Crippen LogP contribution in [-0.4, -0.2) is 54.0 Å². The van der Waals surface area contributed by atoms with Gasteiger partial charge in [-0.2, -0.15) is 5.26 Å². The molecule has 0 aromatic heterocycles. The molecule has 3 rings (SSSR count). The molecule has 6 heteroatoms. The first-order chi connectivity index (χ1) is 13.0. The number of likely N-dealkylation sites (tertiary alicyclic amines) is 1. The van der Waals surface area contributed by atoms with Crippen molar-refractivity contribution in [2.45, 2.75) is 45.2 Å². The highest BCUT2D eigenvalue weighted by Gasteiger charge is 2.27. The zero-order chi connectivity index (χ0) is 19.4. The SMILES string of the molecule is CC1CCCC(C)N1/C=C(/C#N)C(=O)N1CCN(c2ccc(F)cc2)CC1. The predicted molar refractivity (Wildman–Crippen MR) is 104 cm³/mol. The molecule has 0 radical (unpaired) electrons. The molecule has 0 bridgehead atoms. The van der Waals surface area contributed by atoms with Gasteiger partial charge in [0.15, 0.2) is 0 Å². The minimum atomic E-state index is -0.252. The molecule has 0 saturated carbocycles. The van der Waals surface area contributed by atoms with Crippen LogP contribution in [-0.2, 0) is 4.79 Å². The average Bonchev–Trinajstić information content (AvgIpc) is 2.68. The Bertz CT molecular complexity index is 722. The number of benzene rings is 1. The summed E-state index contributed by atoms with van der Waals surface area (Å²) in [4.78, 5) is 18.9. The van der Waals surface area contributed by atoms with Crippen LogP contribution in [0, 0.1) is 17.1 Å². The van der Waals surface area contributed by atoms with Crippen molar-refractivity contribution in [3.8, 4) is 6.07 Å². The van der Waals surface area contributed by atoms with Crippen LogP contribution >= 0.6 is 0 Å². The summed E-state index contributed by atoms with van der Waals surface area (Å²) in [5.74, 6) is -0.446. The van der Waals surface area contributed by atoms with E-state index in [9.17, 15) is 14.4 Å². The summed E-state index contributed by atoms with van der Waals surface area (Å²) in [5.41, 5.74) is 1.17. The Labute approximate surface area is 160 Å². The van der Waals surface area contributed by atoms with Gasteiger partial charge in [0.1, 0.15) is 17.5 Å². The van der Waals surface area contributed by atoms with E-state index in [4.69, 9.17) is 0 Å². The van der Waals surface area contributed by atoms with Gasteiger partial charge in [0.05, 0.1) is 0 Å². The maximum Gasteiger partial charge on any atom is 0.266 e. The highest BCUT2D eigenvalue weighted by Crippen LogP contribution is 2.24. The summed E-state index contributed by atoms with van der Waals surface area (Å²) >= 11 is 0. The van der Waals surface area contributed by atoms with E-state index >= 15 is 0 Å². The van der Waals surface area contributed by atoms with E-state index in [1.54, 1.807) is 23.2 Å². The molecule has 0 N–H and O–H groups in total. The maximum absolute atomic E-state index is 13.1. The lowest BCUT2D eigenvalue weighted by Crippen LogP contribution is -2.49. The van der Waals surface area contributed by atoms with Gasteiger partial charge in [0.2, 0.25) is 0 Å². The third-order valence-electron chi connectivity index (χ3n) is 5.65. The molecule has 5 nitrogen and oxygen atoms in total. The normalized spacial score (nSPS) is 23.9. The minimum absolute atomic E-state index is 0.193. The molecule has 0 spiro atoms. The zero-order valence-corrected chi connectivity index (χ0v) is 16.1. The van der Waals surface area contributed by atoms with E-state index in [0.717, 1.165) is 18.5 Å². The molecule has 1 amide bonds. The lowest BCUT2D eigenvalue weighted by molar-refractivity contribution is -0.127. The molecule has 2 atom stereocenters. The number of piperazine rings is 1. The van der Waals surface area contributed by atoms with E-state index in [2.05, 4.69) is 29.7 Å². The fourth-order valence-corrected chi connectivity index (χ4v) is 3.97. The molecule has 2 unspecified atom stereocenters. The lowest BCUT2D eigenvalue weighted by atomic mass is 9.98. The highest BCUT2D eigenvalue weighted by molar-refractivity contribution is 5.97. The Morgan fingerprint density at radius 2 is 1.70 bits per heavy atom. The number of hydrogen-bond acceptors (Lipinski definition) is 4. The monoisotopic (exact) mass is 370 g/mol. The van der Waals surface area contributed by atoms with Gasteiger partial charge in [-0.1, -0.05) is 0 Å². The molecule has 27 heavy (non-hydrogen) atoms. The number of hydrogen-bond donors (Lipinski definition) is 0. The van der Waals surface area contributed by atoms with Crippen LogP contribution in [0.4, 0.5) is 10.1 Å². The quantitative estimate of drug-likeness (QED) is 0.606. The van der Waals surface area contributed by atoms with Crippen molar-refractivity contribution in [3.05, 3.63) is 41.9 Å². The predicted octanol–water partition coefficient (Wildman–Crippen LogP) is 3.14. The van der Waals surface area contributed by atoms with Crippen LogP contribution in [0.5, 0.6) is 0 Å². The number of nitriles is 1. The molecule has 1 aromatic carbocycles. The topological polar surface area (TPSA) is 50.6 Å². The standard InChI is InChI=1S/C21H27FN4O/c1-16-4-3-5-17(2)26(16)15-18(14-23)21(27)25-12-10-24(11-13-25)20-8-6-19(22)7-9-20/h6-9,15-17H,3-5,10-13H2,1-2H3/b18-15-. The molecule has 2 heterocycles. The first kappa shape index (κ1) is 19.2. The second-order valence-electron chi connectivity index (χ2n) is 7.49. The molecule has 2 aliphatic heterocycles. The van der Waals surface area contributed by atoms with Crippen molar-refractivity contribution in [2.75, 3.05) is 31.1 Å². The number of carbonyl (C=O) groups excluding carboxylic acids is 1. The number of carbonyl (C=O) groups is 1. The van der Waals surface area contributed by atoms with Crippen LogP contribution in [0.25, 0.3) is 0 Å². The number of rotatable bonds is 3. The average molecular weight is 370 g/mol. The highest BCUT2D eigenvalue weighted by atomic mass is 19.1. The Morgan fingerprint density at radius 3 is 2.26 bits per heavy atom. The van der Waals surface area contributed by atoms with Gasteiger partial charge in [-0.3, -0.25) is 4.79 Å². The van der Waals surface area contributed by atoms with Gasteiger partial charge >= 0.3 is 0 Å². The Balaban J connectivity index is 1.64. The summed E-state index contributed by atoms with van der Waals surface area (Å²) in [6.07, 6.45) is 5.13. The van der Waals surface area contributed by atoms with E-state index in [1.807, 2.05) is 0 Å². The van der Waals surface area contributed by atoms with Crippen molar-refractivity contribution in [3.63, 3.8) is 0 Å². The van der Waals surface area contributed by atoms with Gasteiger partial charge in [0, 0.05) is 50.2 Å². The van der Waals surface area contributed by atoms with Crippen molar-refractivity contribution in [1.82, 2.24) is 9.80 Å². The zero-order valence-electron chi connectivity index (χ0n) is 16.1. The van der Waals surface area contributed by atoms with Crippen LogP contribution in [0.3, 0.4) is 0 Å². The fourth-order valence-electron chi connectivity index (χ4n) is 3.97. The van der Waals surface area contributed by atoms with Gasteiger partial charge in [-0.05, 0) is 57.4 Å². The van der Waals surface area contributed by atoms with Crippen molar-refractivity contribution in [2.24, 2.45) is 0 Å². The molecule has 1 aromatic rings. The molecule has 0 aliphatic carbocycles. The lowest BCUT2D eigenvalue weighted by Gasteiger charge is -2.39. The largest absolute Gasteiger partial charge is 0.371 e. The maximum atomic E-state index is 13.1. The Kier molecular flexibility index (Phi) is 6.00. The Morgan fingerprint density at radius 1 is 1.11 bits per heavy atom. The van der Waals surface area contributed by atoms with Gasteiger partial charge in [-0.25, -0.2) is 4.39 Å². The second-order valence-corrected chi connectivity index (χ2v) is 7.49. The summed E-state index contributed by atoms with van der Waals surface area (Å²) in [5, 5.41) is 9.55. The minimum Gasteiger partial charge on any atom is -0.371 e. The second kappa shape index (κ2) is 8.43. The van der Waals surface area contributed by atoms with Crippen LogP contribution in [0.1, 0.15) is 33.1 Å². The van der Waals surface area contributed by atoms with Crippen LogP contribution in [0.2, 0.25) is 0 Å². The summed E-state index contributed by atoms with van der Waals surface area (Å²) in [6, 6.07) is 9.21. The molecular formula is C21H27FN4O. The van der Waals surface area contributed by atoms with Crippen molar-refractivity contribution < 1.29 is 9.18 Å². The summed E-state index contributed by atoms with van der Waals surface area (Å²) in [7, 11) is 0. The summed E-state index contributed by atoms with van der Waals surface area (Å²) in [6.45, 7) is 6.75.